The molecule has 6 heteroatoms. The fraction of sp³-hybridized carbons (Fsp3) is 0.800. The summed E-state index contributed by atoms with van der Waals surface area (Å²) in [6, 6.07) is 0.787. The Kier molecular flexibility index (Phi) is 5.20. The van der Waals surface area contributed by atoms with Crippen LogP contribution in [0, 0.1) is 5.41 Å². The zero-order chi connectivity index (χ0) is 15.3. The summed E-state index contributed by atoms with van der Waals surface area (Å²) in [4.78, 5) is 13.1. The topological polar surface area (TPSA) is 72.0 Å². The van der Waals surface area contributed by atoms with E-state index in [0.29, 0.717) is 30.6 Å². The van der Waals surface area contributed by atoms with Crippen LogP contribution in [-0.4, -0.2) is 34.1 Å². The quantitative estimate of drug-likeness (QED) is 0.805. The summed E-state index contributed by atoms with van der Waals surface area (Å²) in [6.45, 7) is 10.0. The van der Waals surface area contributed by atoms with E-state index in [9.17, 15) is 0 Å². The van der Waals surface area contributed by atoms with E-state index in [1.54, 1.807) is 0 Å². The van der Waals surface area contributed by atoms with Crippen molar-refractivity contribution < 1.29 is 4.74 Å². The van der Waals surface area contributed by atoms with E-state index in [4.69, 9.17) is 4.74 Å². The van der Waals surface area contributed by atoms with E-state index >= 15 is 0 Å². The maximum atomic E-state index is 5.56. The van der Waals surface area contributed by atoms with E-state index in [1.807, 2.05) is 6.92 Å². The van der Waals surface area contributed by atoms with Crippen LogP contribution >= 0.6 is 0 Å². The first-order valence-electron chi connectivity index (χ1n) is 7.94. The van der Waals surface area contributed by atoms with Gasteiger partial charge in [0.05, 0.1) is 6.61 Å². The summed E-state index contributed by atoms with van der Waals surface area (Å²) >= 11 is 0. The first-order valence-corrected chi connectivity index (χ1v) is 7.94. The third-order valence-electron chi connectivity index (χ3n) is 3.95. The minimum absolute atomic E-state index is 0.273. The first-order chi connectivity index (χ1) is 10.0. The van der Waals surface area contributed by atoms with Gasteiger partial charge in [-0.15, -0.1) is 0 Å². The molecule has 1 aliphatic carbocycles. The summed E-state index contributed by atoms with van der Waals surface area (Å²) in [5.74, 6) is 1.17. The van der Waals surface area contributed by atoms with Gasteiger partial charge in [0.1, 0.15) is 0 Å². The molecule has 1 aromatic heterocycles. The van der Waals surface area contributed by atoms with E-state index < -0.39 is 0 Å². The SMILES string of the molecule is CCCOc1nc(NCC)nc(NC2CCCC2(C)C)n1. The van der Waals surface area contributed by atoms with Crippen molar-refractivity contribution in [2.24, 2.45) is 5.41 Å². The smallest absolute Gasteiger partial charge is 0.323 e. The Morgan fingerprint density at radius 2 is 1.95 bits per heavy atom. The first kappa shape index (κ1) is 15.8. The minimum atomic E-state index is 0.273. The molecule has 0 bridgehead atoms. The Balaban J connectivity index is 2.14. The largest absolute Gasteiger partial charge is 0.463 e. The summed E-state index contributed by atoms with van der Waals surface area (Å²) in [6.07, 6.45) is 4.56. The normalized spacial score (nSPS) is 20.3. The number of rotatable bonds is 7. The maximum absolute atomic E-state index is 5.56. The summed E-state index contributed by atoms with van der Waals surface area (Å²) in [7, 11) is 0. The van der Waals surface area contributed by atoms with Crippen LogP contribution in [0.25, 0.3) is 0 Å². The van der Waals surface area contributed by atoms with Gasteiger partial charge in [-0.3, -0.25) is 0 Å². The van der Waals surface area contributed by atoms with Crippen LogP contribution in [0.4, 0.5) is 11.9 Å². The number of ether oxygens (including phenoxy) is 1. The van der Waals surface area contributed by atoms with Gasteiger partial charge in [-0.1, -0.05) is 27.2 Å². The lowest BCUT2D eigenvalue weighted by Crippen LogP contribution is -2.31. The van der Waals surface area contributed by atoms with Crippen molar-refractivity contribution in [1.29, 1.82) is 0 Å². The van der Waals surface area contributed by atoms with Gasteiger partial charge >= 0.3 is 6.01 Å². The number of anilines is 2. The number of hydrogen-bond donors (Lipinski definition) is 2. The highest BCUT2D eigenvalue weighted by atomic mass is 16.5. The van der Waals surface area contributed by atoms with Gasteiger partial charge in [-0.2, -0.15) is 15.0 Å². The van der Waals surface area contributed by atoms with Crippen molar-refractivity contribution in [3.63, 3.8) is 0 Å². The van der Waals surface area contributed by atoms with Gasteiger partial charge in [-0.05, 0) is 31.6 Å². The highest BCUT2D eigenvalue weighted by molar-refractivity contribution is 5.37. The van der Waals surface area contributed by atoms with E-state index in [0.717, 1.165) is 19.4 Å². The molecule has 0 radical (unpaired) electrons. The third-order valence-corrected chi connectivity index (χ3v) is 3.95. The van der Waals surface area contributed by atoms with Gasteiger partial charge in [0.25, 0.3) is 0 Å². The molecule has 1 saturated carbocycles. The van der Waals surface area contributed by atoms with Gasteiger partial charge < -0.3 is 15.4 Å². The lowest BCUT2D eigenvalue weighted by atomic mass is 9.87. The lowest BCUT2D eigenvalue weighted by molar-refractivity contribution is 0.291. The second-order valence-corrected chi connectivity index (χ2v) is 6.22. The second kappa shape index (κ2) is 6.91. The average Bonchev–Trinajstić information content (AvgIpc) is 2.76. The van der Waals surface area contributed by atoms with Crippen LogP contribution in [0.1, 0.15) is 53.4 Å². The molecule has 1 aromatic rings. The van der Waals surface area contributed by atoms with Crippen LogP contribution in [0.5, 0.6) is 6.01 Å². The van der Waals surface area contributed by atoms with E-state index in [1.165, 1.54) is 12.8 Å². The molecule has 21 heavy (non-hydrogen) atoms. The zero-order valence-electron chi connectivity index (χ0n) is 13.6. The Bertz CT molecular complexity index is 463. The Hall–Kier alpha value is -1.59. The molecule has 1 heterocycles. The number of nitrogens with zero attached hydrogens (tertiary/aromatic N) is 3. The van der Waals surface area contributed by atoms with Crippen LogP contribution < -0.4 is 15.4 Å². The van der Waals surface area contributed by atoms with Gasteiger partial charge in [0.2, 0.25) is 11.9 Å². The van der Waals surface area contributed by atoms with Crippen molar-refractivity contribution in [2.75, 3.05) is 23.8 Å². The van der Waals surface area contributed by atoms with Gasteiger partial charge in [0, 0.05) is 12.6 Å². The molecule has 2 rings (SSSR count). The molecule has 1 unspecified atom stereocenters. The fourth-order valence-electron chi connectivity index (χ4n) is 2.67. The summed E-state index contributed by atoms with van der Waals surface area (Å²) in [5, 5.41) is 6.59. The molecule has 0 aliphatic heterocycles. The van der Waals surface area contributed by atoms with Crippen molar-refractivity contribution in [2.45, 2.75) is 59.4 Å². The molecular weight excluding hydrogens is 266 g/mol. The van der Waals surface area contributed by atoms with Crippen molar-refractivity contribution in [1.82, 2.24) is 15.0 Å². The number of nitrogens with one attached hydrogen (secondary N) is 2. The van der Waals surface area contributed by atoms with Crippen LogP contribution in [0.3, 0.4) is 0 Å². The standard InChI is InChI=1S/C15H27N5O/c1-5-10-21-14-19-12(16-6-2)18-13(20-14)17-11-8-7-9-15(11,3)4/h11H,5-10H2,1-4H3,(H2,16,17,18,19,20). The van der Waals surface area contributed by atoms with E-state index in [-0.39, 0.29) is 5.41 Å². The molecule has 1 fully saturated rings. The van der Waals surface area contributed by atoms with Gasteiger partial charge in [-0.25, -0.2) is 0 Å². The van der Waals surface area contributed by atoms with Crippen LogP contribution in [-0.2, 0) is 0 Å². The van der Waals surface area contributed by atoms with Crippen molar-refractivity contribution in [3.05, 3.63) is 0 Å². The Morgan fingerprint density at radius 3 is 2.57 bits per heavy atom. The molecule has 0 spiro atoms. The summed E-state index contributed by atoms with van der Waals surface area (Å²) in [5.41, 5.74) is 0.273. The lowest BCUT2D eigenvalue weighted by Gasteiger charge is -2.27. The molecule has 118 valence electrons. The molecular formula is C15H27N5O. The van der Waals surface area contributed by atoms with Crippen LogP contribution in [0.2, 0.25) is 0 Å². The second-order valence-electron chi connectivity index (χ2n) is 6.22. The number of aromatic nitrogens is 3. The maximum Gasteiger partial charge on any atom is 0.323 e. The van der Waals surface area contributed by atoms with Crippen molar-refractivity contribution in [3.8, 4) is 6.01 Å². The monoisotopic (exact) mass is 293 g/mol. The van der Waals surface area contributed by atoms with E-state index in [2.05, 4.69) is 46.4 Å². The third kappa shape index (κ3) is 4.19. The number of hydrogen-bond acceptors (Lipinski definition) is 6. The Labute approximate surface area is 127 Å². The minimum Gasteiger partial charge on any atom is -0.463 e. The van der Waals surface area contributed by atoms with Gasteiger partial charge in [0.15, 0.2) is 0 Å². The molecule has 0 saturated heterocycles. The van der Waals surface area contributed by atoms with Crippen LogP contribution in [0.15, 0.2) is 0 Å². The molecule has 0 amide bonds. The molecule has 1 aliphatic rings. The average molecular weight is 293 g/mol. The highest BCUT2D eigenvalue weighted by Gasteiger charge is 2.34. The molecule has 2 N–H and O–H groups in total. The zero-order valence-corrected chi connectivity index (χ0v) is 13.6. The fourth-order valence-corrected chi connectivity index (χ4v) is 2.67. The summed E-state index contributed by atoms with van der Waals surface area (Å²) < 4.78 is 5.56. The molecule has 6 nitrogen and oxygen atoms in total. The predicted molar refractivity (Wildman–Crippen MR) is 84.8 cm³/mol. The predicted octanol–water partition coefficient (Wildman–Crippen LogP) is 3.08. The highest BCUT2D eigenvalue weighted by Crippen LogP contribution is 2.38. The Morgan fingerprint density at radius 1 is 1.19 bits per heavy atom. The van der Waals surface area contributed by atoms with Crippen molar-refractivity contribution >= 4 is 11.9 Å². The molecule has 0 aromatic carbocycles. The molecule has 1 atom stereocenters.